The molecule has 0 saturated heterocycles. The summed E-state index contributed by atoms with van der Waals surface area (Å²) in [5.74, 6) is 0.434. The highest BCUT2D eigenvalue weighted by atomic mass is 35.5. The largest absolute Gasteiger partial charge is 0.339 e. The number of hydrogen-bond donors (Lipinski definition) is 1. The lowest BCUT2D eigenvalue weighted by Crippen LogP contribution is -2.22. The van der Waals surface area contributed by atoms with Crippen molar-refractivity contribution >= 4 is 11.6 Å². The Morgan fingerprint density at radius 1 is 1.42 bits per heavy atom. The average Bonchev–Trinajstić information content (AvgIpc) is 2.81. The van der Waals surface area contributed by atoms with Crippen molar-refractivity contribution in [1.82, 2.24) is 10.1 Å². The van der Waals surface area contributed by atoms with Crippen LogP contribution in [0.25, 0.3) is 0 Å². The Bertz CT molecular complexity index is 551. The predicted molar refractivity (Wildman–Crippen MR) is 70.6 cm³/mol. The van der Waals surface area contributed by atoms with Crippen molar-refractivity contribution in [3.05, 3.63) is 46.3 Å². The second-order valence-electron chi connectivity index (χ2n) is 4.57. The third-order valence-electron chi connectivity index (χ3n) is 3.06. The summed E-state index contributed by atoms with van der Waals surface area (Å²) in [6.45, 7) is 3.76. The first-order chi connectivity index (χ1) is 8.99. The normalized spacial score (nSPS) is 14.4. The van der Waals surface area contributed by atoms with Gasteiger partial charge in [0.25, 0.3) is 0 Å². The van der Waals surface area contributed by atoms with Gasteiger partial charge in [-0.3, -0.25) is 0 Å². The fourth-order valence-electron chi connectivity index (χ4n) is 1.61. The third-order valence-corrected chi connectivity index (χ3v) is 3.41. The molecule has 0 aliphatic carbocycles. The van der Waals surface area contributed by atoms with E-state index in [0.717, 1.165) is 0 Å². The summed E-state index contributed by atoms with van der Waals surface area (Å²) >= 11 is 5.95. The Balaban J connectivity index is 2.21. The Hall–Kier alpha value is -1.46. The van der Waals surface area contributed by atoms with Gasteiger partial charge in [0, 0.05) is 23.0 Å². The number of aromatic nitrogens is 2. The molecule has 4 nitrogen and oxygen atoms in total. The van der Waals surface area contributed by atoms with E-state index in [4.69, 9.17) is 21.9 Å². The summed E-state index contributed by atoms with van der Waals surface area (Å²) in [7, 11) is 0. The van der Waals surface area contributed by atoms with Crippen LogP contribution in [-0.2, 0) is 6.42 Å². The van der Waals surface area contributed by atoms with E-state index < -0.39 is 0 Å². The summed E-state index contributed by atoms with van der Waals surface area (Å²) in [4.78, 5) is 4.23. The molecule has 19 heavy (non-hydrogen) atoms. The minimum Gasteiger partial charge on any atom is -0.339 e. The van der Waals surface area contributed by atoms with Crippen molar-refractivity contribution < 1.29 is 8.91 Å². The zero-order valence-corrected chi connectivity index (χ0v) is 11.5. The number of hydrogen-bond acceptors (Lipinski definition) is 4. The highest BCUT2D eigenvalue weighted by Crippen LogP contribution is 2.22. The fourth-order valence-corrected chi connectivity index (χ4v) is 1.84. The van der Waals surface area contributed by atoms with E-state index in [0.29, 0.717) is 22.3 Å². The van der Waals surface area contributed by atoms with E-state index in [1.165, 1.54) is 6.07 Å². The van der Waals surface area contributed by atoms with Crippen molar-refractivity contribution in [2.75, 3.05) is 0 Å². The molecule has 102 valence electrons. The first kappa shape index (κ1) is 14.0. The van der Waals surface area contributed by atoms with E-state index in [1.807, 2.05) is 13.8 Å². The maximum atomic E-state index is 13.6. The Labute approximate surface area is 115 Å². The predicted octanol–water partition coefficient (Wildman–Crippen LogP) is 2.90. The summed E-state index contributed by atoms with van der Waals surface area (Å²) in [5.41, 5.74) is 6.13. The van der Waals surface area contributed by atoms with E-state index in [9.17, 15) is 4.39 Å². The van der Waals surface area contributed by atoms with E-state index in [2.05, 4.69) is 10.1 Å². The topological polar surface area (TPSA) is 64.9 Å². The maximum absolute atomic E-state index is 13.6. The van der Waals surface area contributed by atoms with Crippen molar-refractivity contribution in [1.29, 1.82) is 0 Å². The van der Waals surface area contributed by atoms with Gasteiger partial charge in [0.05, 0.1) is 5.92 Å². The smallest absolute Gasteiger partial charge is 0.231 e. The molecule has 0 fully saturated rings. The van der Waals surface area contributed by atoms with E-state index in [-0.39, 0.29) is 24.2 Å². The van der Waals surface area contributed by atoms with Gasteiger partial charge in [0.1, 0.15) is 5.82 Å². The molecule has 6 heteroatoms. The minimum absolute atomic E-state index is 0.0441. The van der Waals surface area contributed by atoms with Gasteiger partial charge in [-0.25, -0.2) is 4.39 Å². The van der Waals surface area contributed by atoms with Crippen LogP contribution < -0.4 is 5.73 Å². The molecule has 0 aliphatic rings. The van der Waals surface area contributed by atoms with E-state index in [1.54, 1.807) is 12.1 Å². The van der Waals surface area contributed by atoms with Crippen LogP contribution in [0.3, 0.4) is 0 Å². The van der Waals surface area contributed by atoms with Crippen LogP contribution in [0.4, 0.5) is 4.39 Å². The van der Waals surface area contributed by atoms with E-state index >= 15 is 0 Å². The van der Waals surface area contributed by atoms with Gasteiger partial charge in [-0.2, -0.15) is 4.98 Å². The molecule has 0 saturated carbocycles. The molecule has 2 aromatic rings. The molecule has 2 rings (SSSR count). The molecular formula is C13H15ClFN3O. The van der Waals surface area contributed by atoms with Crippen LogP contribution in [0.1, 0.15) is 37.0 Å². The minimum atomic E-state index is -0.376. The number of rotatable bonds is 4. The lowest BCUT2D eigenvalue weighted by Gasteiger charge is -2.09. The van der Waals surface area contributed by atoms with Crippen molar-refractivity contribution in [3.63, 3.8) is 0 Å². The molecule has 2 unspecified atom stereocenters. The highest BCUT2D eigenvalue weighted by Gasteiger charge is 2.19. The zero-order valence-electron chi connectivity index (χ0n) is 10.7. The molecule has 1 aromatic heterocycles. The van der Waals surface area contributed by atoms with Gasteiger partial charge >= 0.3 is 0 Å². The Morgan fingerprint density at radius 3 is 2.79 bits per heavy atom. The molecule has 0 aliphatic heterocycles. The van der Waals surface area contributed by atoms with Crippen LogP contribution >= 0.6 is 11.6 Å². The second kappa shape index (κ2) is 5.67. The molecule has 0 spiro atoms. The van der Waals surface area contributed by atoms with Gasteiger partial charge in [-0.15, -0.1) is 0 Å². The van der Waals surface area contributed by atoms with Gasteiger partial charge in [0.2, 0.25) is 5.89 Å². The number of halogens is 2. The van der Waals surface area contributed by atoms with Crippen molar-refractivity contribution in [2.24, 2.45) is 5.73 Å². The number of nitrogens with zero attached hydrogens (tertiary/aromatic N) is 2. The molecule has 0 bridgehead atoms. The lowest BCUT2D eigenvalue weighted by atomic mass is 10.1. The Kier molecular flexibility index (Phi) is 4.17. The molecular weight excluding hydrogens is 269 g/mol. The van der Waals surface area contributed by atoms with Crippen LogP contribution in [-0.4, -0.2) is 16.2 Å². The molecule has 2 N–H and O–H groups in total. The quantitative estimate of drug-likeness (QED) is 0.937. The molecule has 0 amide bonds. The molecule has 2 atom stereocenters. The summed E-state index contributed by atoms with van der Waals surface area (Å²) in [6.07, 6.45) is 0.195. The second-order valence-corrected chi connectivity index (χ2v) is 4.98. The fraction of sp³-hybridized carbons (Fsp3) is 0.385. The number of nitrogens with two attached hydrogens (primary N) is 1. The highest BCUT2D eigenvalue weighted by molar-refractivity contribution is 6.31. The average molecular weight is 284 g/mol. The van der Waals surface area contributed by atoms with Crippen molar-refractivity contribution in [2.45, 2.75) is 32.2 Å². The summed E-state index contributed by atoms with van der Waals surface area (Å²) in [5, 5.41) is 4.18. The van der Waals surface area contributed by atoms with Gasteiger partial charge in [-0.1, -0.05) is 29.7 Å². The maximum Gasteiger partial charge on any atom is 0.231 e. The van der Waals surface area contributed by atoms with Crippen LogP contribution in [0.5, 0.6) is 0 Å². The monoisotopic (exact) mass is 283 g/mol. The summed E-state index contributed by atoms with van der Waals surface area (Å²) < 4.78 is 18.8. The molecule has 0 radical (unpaired) electrons. The SMILES string of the molecule is CC(N)C(C)c1nc(Cc2c(F)cccc2Cl)no1. The standard InChI is InChI=1S/C13H15ClFN3O/c1-7(8(2)16)13-17-12(18-19-13)6-9-10(14)4-3-5-11(9)15/h3-5,7-8H,6,16H2,1-2H3. The number of benzene rings is 1. The van der Waals surface area contributed by atoms with Gasteiger partial charge in [0.15, 0.2) is 5.82 Å². The summed E-state index contributed by atoms with van der Waals surface area (Å²) in [6, 6.07) is 4.45. The van der Waals surface area contributed by atoms with Crippen LogP contribution in [0.15, 0.2) is 22.7 Å². The first-order valence-corrected chi connectivity index (χ1v) is 6.37. The third kappa shape index (κ3) is 3.11. The van der Waals surface area contributed by atoms with Crippen LogP contribution in [0, 0.1) is 5.82 Å². The zero-order chi connectivity index (χ0) is 14.0. The van der Waals surface area contributed by atoms with Crippen molar-refractivity contribution in [3.8, 4) is 0 Å². The molecule has 1 heterocycles. The van der Waals surface area contributed by atoms with Gasteiger partial charge in [-0.05, 0) is 19.1 Å². The van der Waals surface area contributed by atoms with Gasteiger partial charge < -0.3 is 10.3 Å². The lowest BCUT2D eigenvalue weighted by molar-refractivity contribution is 0.343. The molecule has 1 aromatic carbocycles. The Morgan fingerprint density at radius 2 is 2.16 bits per heavy atom. The first-order valence-electron chi connectivity index (χ1n) is 6.00. The van der Waals surface area contributed by atoms with Crippen LogP contribution in [0.2, 0.25) is 5.02 Å².